The Morgan fingerprint density at radius 3 is 3.04 bits per heavy atom. The van der Waals surface area contributed by atoms with Gasteiger partial charge in [0.05, 0.1) is 23.6 Å². The molecule has 0 bridgehead atoms. The van der Waals surface area contributed by atoms with Crippen molar-refractivity contribution >= 4 is 5.91 Å². The normalized spacial score (nSPS) is 23.6. The van der Waals surface area contributed by atoms with Gasteiger partial charge >= 0.3 is 0 Å². The van der Waals surface area contributed by atoms with Gasteiger partial charge in [0.2, 0.25) is 0 Å². The molecule has 122 valence electrons. The smallest absolute Gasteiger partial charge is 0.272 e. The van der Waals surface area contributed by atoms with Crippen LogP contribution in [-0.4, -0.2) is 27.4 Å². The number of aromatic nitrogens is 3. The lowest BCUT2D eigenvalue weighted by atomic mass is 9.99. The summed E-state index contributed by atoms with van der Waals surface area (Å²) < 4.78 is 10.8. The Hall–Kier alpha value is -2.15. The van der Waals surface area contributed by atoms with Crippen LogP contribution in [-0.2, 0) is 17.7 Å². The summed E-state index contributed by atoms with van der Waals surface area (Å²) in [5, 5.41) is 14.1. The van der Waals surface area contributed by atoms with Gasteiger partial charge in [0, 0.05) is 30.0 Å². The molecule has 2 N–H and O–H groups in total. The quantitative estimate of drug-likeness (QED) is 0.902. The summed E-state index contributed by atoms with van der Waals surface area (Å²) in [5.41, 5.74) is 4.25. The fraction of sp³-hybridized carbons (Fsp3) is 0.562. The first-order valence-corrected chi connectivity index (χ1v) is 8.07. The fourth-order valence-corrected chi connectivity index (χ4v) is 3.21. The molecule has 1 aliphatic carbocycles. The number of aromatic amines is 1. The zero-order valence-corrected chi connectivity index (χ0v) is 13.3. The minimum absolute atomic E-state index is 0.0673. The van der Waals surface area contributed by atoms with E-state index in [4.69, 9.17) is 9.26 Å². The lowest BCUT2D eigenvalue weighted by molar-refractivity contribution is -0.00697. The van der Waals surface area contributed by atoms with Crippen LogP contribution < -0.4 is 5.32 Å². The van der Waals surface area contributed by atoms with E-state index in [2.05, 4.69) is 20.7 Å². The number of nitrogens with zero attached hydrogens (tertiary/aromatic N) is 2. The van der Waals surface area contributed by atoms with Crippen molar-refractivity contribution < 1.29 is 14.1 Å². The predicted molar refractivity (Wildman–Crippen MR) is 80.9 cm³/mol. The second-order valence-corrected chi connectivity index (χ2v) is 6.44. The molecule has 4 rings (SSSR count). The van der Waals surface area contributed by atoms with Gasteiger partial charge in [0.15, 0.2) is 5.69 Å². The summed E-state index contributed by atoms with van der Waals surface area (Å²) in [6, 6.07) is 0. The molecule has 2 aromatic rings. The van der Waals surface area contributed by atoms with E-state index in [-0.39, 0.29) is 18.1 Å². The summed E-state index contributed by atoms with van der Waals surface area (Å²) in [6.07, 6.45) is 4.63. The van der Waals surface area contributed by atoms with E-state index >= 15 is 0 Å². The molecule has 0 radical (unpaired) electrons. The molecule has 23 heavy (non-hydrogen) atoms. The first kappa shape index (κ1) is 14.4. The summed E-state index contributed by atoms with van der Waals surface area (Å²) in [6.45, 7) is 4.39. The highest BCUT2D eigenvalue weighted by atomic mass is 16.5. The van der Waals surface area contributed by atoms with Crippen molar-refractivity contribution in [1.82, 2.24) is 20.7 Å². The highest BCUT2D eigenvalue weighted by molar-refractivity contribution is 5.94. The number of ether oxygens (including phenoxy) is 1. The predicted octanol–water partition coefficient (Wildman–Crippen LogP) is 2.23. The van der Waals surface area contributed by atoms with E-state index in [0.717, 1.165) is 35.4 Å². The number of hydrogen-bond acceptors (Lipinski definition) is 5. The summed E-state index contributed by atoms with van der Waals surface area (Å²) in [4.78, 5) is 12.5. The van der Waals surface area contributed by atoms with Crippen LogP contribution in [0.25, 0.3) is 0 Å². The number of amides is 1. The van der Waals surface area contributed by atoms with E-state index in [9.17, 15) is 4.79 Å². The van der Waals surface area contributed by atoms with Crippen molar-refractivity contribution in [2.45, 2.75) is 57.8 Å². The number of H-pyrrole nitrogens is 1. The highest BCUT2D eigenvalue weighted by Gasteiger charge is 2.31. The molecule has 0 aromatic carbocycles. The van der Waals surface area contributed by atoms with Crippen molar-refractivity contribution in [1.29, 1.82) is 0 Å². The van der Waals surface area contributed by atoms with Crippen molar-refractivity contribution in [2.24, 2.45) is 0 Å². The zero-order valence-electron chi connectivity index (χ0n) is 13.3. The summed E-state index contributed by atoms with van der Waals surface area (Å²) >= 11 is 0. The lowest BCUT2D eigenvalue weighted by Gasteiger charge is -2.25. The van der Waals surface area contributed by atoms with Gasteiger partial charge in [-0.15, -0.1) is 0 Å². The van der Waals surface area contributed by atoms with Crippen LogP contribution in [0.3, 0.4) is 0 Å². The molecule has 1 aliphatic heterocycles. The minimum atomic E-state index is -0.174. The van der Waals surface area contributed by atoms with Gasteiger partial charge in [-0.2, -0.15) is 5.10 Å². The third-order valence-corrected chi connectivity index (χ3v) is 4.53. The number of hydrogen-bond donors (Lipinski definition) is 2. The van der Waals surface area contributed by atoms with Crippen LogP contribution in [0, 0.1) is 0 Å². The molecular weight excluding hydrogens is 296 g/mol. The Labute approximate surface area is 133 Å². The van der Waals surface area contributed by atoms with Gasteiger partial charge in [-0.05, 0) is 26.7 Å². The second kappa shape index (κ2) is 5.49. The van der Waals surface area contributed by atoms with Crippen LogP contribution in [0.2, 0.25) is 0 Å². The van der Waals surface area contributed by atoms with Gasteiger partial charge in [-0.25, -0.2) is 0 Å². The van der Waals surface area contributed by atoms with Crippen molar-refractivity contribution in [3.05, 3.63) is 34.5 Å². The maximum atomic E-state index is 12.5. The third kappa shape index (κ3) is 2.65. The number of carbonyl (C=O) groups is 1. The first-order chi connectivity index (χ1) is 11.1. The fourth-order valence-electron chi connectivity index (χ4n) is 3.21. The third-order valence-electron chi connectivity index (χ3n) is 4.53. The number of nitrogens with one attached hydrogen (secondary N) is 2. The summed E-state index contributed by atoms with van der Waals surface area (Å²) in [5.74, 6) is 0.324. The molecule has 7 nitrogen and oxygen atoms in total. The average molecular weight is 316 g/mol. The van der Waals surface area contributed by atoms with E-state index in [1.165, 1.54) is 0 Å². The van der Waals surface area contributed by atoms with Gasteiger partial charge in [-0.3, -0.25) is 9.89 Å². The zero-order chi connectivity index (χ0) is 16.0. The monoisotopic (exact) mass is 316 g/mol. The molecule has 2 aromatic heterocycles. The SMILES string of the molecule is C[C@@H]1Cc2c(C(=O)NCc3conc3C3CC3)n[nH]c2[C@H](C)O1. The van der Waals surface area contributed by atoms with E-state index < -0.39 is 0 Å². The molecule has 3 heterocycles. The number of carbonyl (C=O) groups excluding carboxylic acids is 1. The van der Waals surface area contributed by atoms with E-state index in [1.54, 1.807) is 6.26 Å². The maximum Gasteiger partial charge on any atom is 0.272 e. The molecule has 7 heteroatoms. The van der Waals surface area contributed by atoms with Crippen molar-refractivity contribution in [3.63, 3.8) is 0 Å². The molecule has 1 fully saturated rings. The summed E-state index contributed by atoms with van der Waals surface area (Å²) in [7, 11) is 0. The van der Waals surface area contributed by atoms with Gasteiger partial charge in [-0.1, -0.05) is 5.16 Å². The standard InChI is InChI=1S/C16H20N4O3/c1-8-5-12-13(9(2)23-8)18-19-15(12)16(21)17-6-11-7-22-20-14(11)10-3-4-10/h7-10H,3-6H2,1-2H3,(H,17,21)(H,18,19)/t8-,9+/m1/s1. The van der Waals surface area contributed by atoms with Crippen molar-refractivity contribution in [2.75, 3.05) is 0 Å². The lowest BCUT2D eigenvalue weighted by Crippen LogP contribution is -2.27. The van der Waals surface area contributed by atoms with Gasteiger partial charge in [0.1, 0.15) is 6.26 Å². The van der Waals surface area contributed by atoms with E-state index in [1.807, 2.05) is 13.8 Å². The Morgan fingerprint density at radius 2 is 2.26 bits per heavy atom. The van der Waals surface area contributed by atoms with Crippen LogP contribution in [0.4, 0.5) is 0 Å². The second-order valence-electron chi connectivity index (χ2n) is 6.44. The van der Waals surface area contributed by atoms with Gasteiger partial charge in [0.25, 0.3) is 5.91 Å². The Morgan fingerprint density at radius 1 is 1.43 bits per heavy atom. The molecule has 0 saturated heterocycles. The largest absolute Gasteiger partial charge is 0.369 e. The molecular formula is C16H20N4O3. The number of rotatable bonds is 4. The van der Waals surface area contributed by atoms with Crippen LogP contribution in [0.15, 0.2) is 10.8 Å². The minimum Gasteiger partial charge on any atom is -0.369 e. The average Bonchev–Trinajstić information content (AvgIpc) is 3.09. The molecule has 1 amide bonds. The molecule has 0 spiro atoms. The Bertz CT molecular complexity index is 732. The molecule has 0 unspecified atom stereocenters. The van der Waals surface area contributed by atoms with Crippen LogP contribution in [0.1, 0.15) is 71.7 Å². The molecule has 1 saturated carbocycles. The van der Waals surface area contributed by atoms with Crippen LogP contribution >= 0.6 is 0 Å². The van der Waals surface area contributed by atoms with Crippen molar-refractivity contribution in [3.8, 4) is 0 Å². The Kier molecular flexibility index (Phi) is 3.45. The van der Waals surface area contributed by atoms with E-state index in [0.29, 0.717) is 24.6 Å². The maximum absolute atomic E-state index is 12.5. The topological polar surface area (TPSA) is 93.0 Å². The number of fused-ring (bicyclic) bond motifs is 1. The highest BCUT2D eigenvalue weighted by Crippen LogP contribution is 2.40. The van der Waals surface area contributed by atoms with Crippen LogP contribution in [0.5, 0.6) is 0 Å². The Balaban J connectivity index is 1.48. The first-order valence-electron chi connectivity index (χ1n) is 8.07. The van der Waals surface area contributed by atoms with Gasteiger partial charge < -0.3 is 14.6 Å². The molecule has 2 atom stereocenters. The molecule has 2 aliphatic rings.